The van der Waals surface area contributed by atoms with Crippen molar-refractivity contribution in [3.05, 3.63) is 76.7 Å². The maximum Gasteiger partial charge on any atom is 0.243 e. The van der Waals surface area contributed by atoms with Crippen LogP contribution in [0.25, 0.3) is 11.1 Å². The number of rotatable bonds is 7. The number of β-amino-alcohol motifs (C(OH)–C–C–N with tert-alkyl or cyclic N) is 1. The van der Waals surface area contributed by atoms with Crippen LogP contribution in [0.3, 0.4) is 0 Å². The summed E-state index contributed by atoms with van der Waals surface area (Å²) in [5.74, 6) is -0.649. The minimum atomic E-state index is -0.754. The molecule has 7 nitrogen and oxygen atoms in total. The highest BCUT2D eigenvalue weighted by Gasteiger charge is 2.43. The normalized spacial score (nSPS) is 19.2. The molecule has 4 atom stereocenters. The van der Waals surface area contributed by atoms with Gasteiger partial charge in [-0.2, -0.15) is 0 Å². The van der Waals surface area contributed by atoms with Gasteiger partial charge in [-0.3, -0.25) is 9.59 Å². The van der Waals surface area contributed by atoms with Crippen molar-refractivity contribution in [3.63, 3.8) is 0 Å². The van der Waals surface area contributed by atoms with Crippen molar-refractivity contribution in [1.29, 1.82) is 0 Å². The predicted molar refractivity (Wildman–Crippen MR) is 143 cm³/mol. The quantitative estimate of drug-likeness (QED) is 0.481. The standard InChI is InChI=1S/C30H37N3O4/c1-17(2)27(26-14-20(5)32-37-26)30(36)33-16-24(34)15-25(33)29(35)31-21(6)22-10-12-23(13-11-22)28-18(3)8-7-9-19(28)4/h7-14,17,21,24-25,27,34H,15-16H2,1-6H3,(H,31,35)/t21-,24+,25-,27+/m0/s1. The van der Waals surface area contributed by atoms with Crippen LogP contribution < -0.4 is 5.32 Å². The Hall–Kier alpha value is -3.45. The molecule has 2 amide bonds. The van der Waals surface area contributed by atoms with Crippen LogP contribution in [-0.4, -0.2) is 45.7 Å². The van der Waals surface area contributed by atoms with Gasteiger partial charge in [0.05, 0.1) is 17.8 Å². The second-order valence-corrected chi connectivity index (χ2v) is 10.6. The third-order valence-electron chi connectivity index (χ3n) is 7.29. The lowest BCUT2D eigenvalue weighted by molar-refractivity contribution is -0.141. The smallest absolute Gasteiger partial charge is 0.243 e. The van der Waals surface area contributed by atoms with Crippen molar-refractivity contribution in [2.24, 2.45) is 5.92 Å². The van der Waals surface area contributed by atoms with E-state index in [2.05, 4.69) is 54.7 Å². The summed E-state index contributed by atoms with van der Waals surface area (Å²) in [5, 5.41) is 17.4. The Morgan fingerprint density at radius 3 is 2.27 bits per heavy atom. The lowest BCUT2D eigenvalue weighted by Gasteiger charge is -2.29. The Balaban J connectivity index is 1.49. The number of carbonyl (C=O) groups excluding carboxylic acids is 2. The van der Waals surface area contributed by atoms with Gasteiger partial charge in [0.2, 0.25) is 11.8 Å². The van der Waals surface area contributed by atoms with Crippen molar-refractivity contribution in [2.75, 3.05) is 6.54 Å². The zero-order valence-electron chi connectivity index (χ0n) is 22.5. The predicted octanol–water partition coefficient (Wildman–Crippen LogP) is 4.85. The number of nitrogens with zero attached hydrogens (tertiary/aromatic N) is 2. The second kappa shape index (κ2) is 10.9. The van der Waals surface area contributed by atoms with Crippen LogP contribution in [0.4, 0.5) is 0 Å². The first-order chi connectivity index (χ1) is 17.6. The number of nitrogens with one attached hydrogen (secondary N) is 1. The van der Waals surface area contributed by atoms with Gasteiger partial charge in [0.15, 0.2) is 0 Å². The minimum absolute atomic E-state index is 0.0596. The first-order valence-electron chi connectivity index (χ1n) is 13.0. The van der Waals surface area contributed by atoms with E-state index >= 15 is 0 Å². The van der Waals surface area contributed by atoms with E-state index in [1.54, 1.807) is 13.0 Å². The summed E-state index contributed by atoms with van der Waals surface area (Å²) in [6.45, 7) is 11.9. The fourth-order valence-electron chi connectivity index (χ4n) is 5.35. The fourth-order valence-corrected chi connectivity index (χ4v) is 5.35. The molecule has 0 radical (unpaired) electrons. The van der Waals surface area contributed by atoms with Crippen LogP contribution in [0, 0.1) is 26.7 Å². The molecule has 2 aromatic carbocycles. The van der Waals surface area contributed by atoms with Gasteiger partial charge in [-0.05, 0) is 61.4 Å². The van der Waals surface area contributed by atoms with Gasteiger partial charge < -0.3 is 19.8 Å². The molecule has 1 aliphatic heterocycles. The highest BCUT2D eigenvalue weighted by molar-refractivity contribution is 5.91. The molecule has 196 valence electrons. The number of aromatic nitrogens is 1. The molecule has 0 bridgehead atoms. The third-order valence-corrected chi connectivity index (χ3v) is 7.29. The Morgan fingerprint density at radius 1 is 1.05 bits per heavy atom. The summed E-state index contributed by atoms with van der Waals surface area (Å²) in [5.41, 5.74) is 6.47. The zero-order valence-corrected chi connectivity index (χ0v) is 22.5. The molecule has 7 heteroatoms. The topological polar surface area (TPSA) is 95.7 Å². The summed E-state index contributed by atoms with van der Waals surface area (Å²) in [6, 6.07) is 15.2. The Kier molecular flexibility index (Phi) is 7.83. The van der Waals surface area contributed by atoms with Gasteiger partial charge in [0.1, 0.15) is 17.7 Å². The molecule has 0 aliphatic carbocycles. The molecule has 1 fully saturated rings. The number of carbonyl (C=O) groups is 2. The van der Waals surface area contributed by atoms with Gasteiger partial charge in [-0.15, -0.1) is 0 Å². The molecular formula is C30H37N3O4. The van der Waals surface area contributed by atoms with E-state index in [-0.39, 0.29) is 36.7 Å². The summed E-state index contributed by atoms with van der Waals surface area (Å²) in [4.78, 5) is 28.4. The van der Waals surface area contributed by atoms with E-state index in [0.717, 1.165) is 11.1 Å². The maximum atomic E-state index is 13.6. The average molecular weight is 504 g/mol. The molecule has 3 aromatic rings. The molecular weight excluding hydrogens is 466 g/mol. The summed E-state index contributed by atoms with van der Waals surface area (Å²) >= 11 is 0. The van der Waals surface area contributed by atoms with E-state index in [1.165, 1.54) is 21.6 Å². The SMILES string of the molecule is Cc1cc([C@H](C(=O)N2C[C@H](O)C[C@H]2C(=O)N[C@@H](C)c2ccc(-c3c(C)cccc3C)cc2)C(C)C)on1. The van der Waals surface area contributed by atoms with Crippen molar-refractivity contribution in [3.8, 4) is 11.1 Å². The molecule has 0 spiro atoms. The first kappa shape index (κ1) is 26.6. The van der Waals surface area contributed by atoms with Crippen LogP contribution >= 0.6 is 0 Å². The molecule has 0 unspecified atom stereocenters. The zero-order chi connectivity index (χ0) is 26.9. The Bertz CT molecular complexity index is 1240. The third kappa shape index (κ3) is 5.62. The Labute approximate surface area is 218 Å². The molecule has 37 heavy (non-hydrogen) atoms. The number of amides is 2. The molecule has 1 saturated heterocycles. The van der Waals surface area contributed by atoms with Crippen LogP contribution in [0.2, 0.25) is 0 Å². The van der Waals surface area contributed by atoms with E-state index in [1.807, 2.05) is 32.9 Å². The van der Waals surface area contributed by atoms with Crippen LogP contribution in [0.5, 0.6) is 0 Å². The number of benzene rings is 2. The largest absolute Gasteiger partial charge is 0.391 e. The average Bonchev–Trinajstić information content (AvgIpc) is 3.44. The lowest BCUT2D eigenvalue weighted by atomic mass is 9.91. The summed E-state index contributed by atoms with van der Waals surface area (Å²) < 4.78 is 5.41. The number of aliphatic hydroxyl groups is 1. The van der Waals surface area contributed by atoms with Gasteiger partial charge in [0.25, 0.3) is 0 Å². The van der Waals surface area contributed by atoms with Crippen LogP contribution in [0.1, 0.15) is 67.3 Å². The second-order valence-electron chi connectivity index (χ2n) is 10.6. The van der Waals surface area contributed by atoms with E-state index < -0.39 is 18.1 Å². The number of aryl methyl sites for hydroxylation is 3. The van der Waals surface area contributed by atoms with Crippen LogP contribution in [0.15, 0.2) is 53.1 Å². The molecule has 0 saturated carbocycles. The van der Waals surface area contributed by atoms with Gasteiger partial charge in [-0.25, -0.2) is 0 Å². The minimum Gasteiger partial charge on any atom is -0.391 e. The molecule has 1 aliphatic rings. The molecule has 2 heterocycles. The molecule has 1 aromatic heterocycles. The van der Waals surface area contributed by atoms with Crippen molar-refractivity contribution in [2.45, 2.75) is 72.1 Å². The van der Waals surface area contributed by atoms with Crippen LogP contribution in [-0.2, 0) is 9.59 Å². The van der Waals surface area contributed by atoms with Crippen molar-refractivity contribution >= 4 is 11.8 Å². The lowest BCUT2D eigenvalue weighted by Crippen LogP contribution is -2.48. The summed E-state index contributed by atoms with van der Waals surface area (Å²) in [7, 11) is 0. The number of likely N-dealkylation sites (tertiary alicyclic amines) is 1. The van der Waals surface area contributed by atoms with Crippen molar-refractivity contribution in [1.82, 2.24) is 15.4 Å². The highest BCUT2D eigenvalue weighted by atomic mass is 16.5. The van der Waals surface area contributed by atoms with Gasteiger partial charge in [-0.1, -0.05) is 61.5 Å². The van der Waals surface area contributed by atoms with Gasteiger partial charge >= 0.3 is 0 Å². The maximum absolute atomic E-state index is 13.6. The van der Waals surface area contributed by atoms with E-state index in [4.69, 9.17) is 4.52 Å². The first-order valence-corrected chi connectivity index (χ1v) is 13.0. The molecule has 4 rings (SSSR count). The van der Waals surface area contributed by atoms with E-state index in [9.17, 15) is 14.7 Å². The monoisotopic (exact) mass is 503 g/mol. The van der Waals surface area contributed by atoms with E-state index in [0.29, 0.717) is 11.5 Å². The van der Waals surface area contributed by atoms with Gasteiger partial charge in [0, 0.05) is 19.0 Å². The fraction of sp³-hybridized carbons (Fsp3) is 0.433. The highest BCUT2D eigenvalue weighted by Crippen LogP contribution is 2.32. The summed E-state index contributed by atoms with van der Waals surface area (Å²) in [6.07, 6.45) is -0.549. The number of hydrogen-bond donors (Lipinski definition) is 2. The van der Waals surface area contributed by atoms with Crippen molar-refractivity contribution < 1.29 is 19.2 Å². The number of hydrogen-bond acceptors (Lipinski definition) is 5. The Morgan fingerprint density at radius 2 is 1.70 bits per heavy atom. The number of aliphatic hydroxyl groups excluding tert-OH is 1. The molecule has 2 N–H and O–H groups in total.